The SMILES string of the molecule is CC(C)c1ncccc1-c1ncc2c(N3CC4CCC(C3)N4)nc(OC[C@@]34CCCN3C[C@H](F)C4)nc2c1F. The summed E-state index contributed by atoms with van der Waals surface area (Å²) in [5, 5.41) is 4.22. The predicted molar refractivity (Wildman–Crippen MR) is 145 cm³/mol. The van der Waals surface area contributed by atoms with Gasteiger partial charge in [-0.3, -0.25) is 14.9 Å². The third kappa shape index (κ3) is 4.32. The number of anilines is 1. The maximum atomic E-state index is 16.4. The summed E-state index contributed by atoms with van der Waals surface area (Å²) in [6.07, 6.45) is 7.16. The Bertz CT molecular complexity index is 1390. The fraction of sp³-hybridized carbons (Fsp3) is 0.586. The number of nitrogens with one attached hydrogen (secondary N) is 1. The van der Waals surface area contributed by atoms with Gasteiger partial charge < -0.3 is 15.0 Å². The molecule has 2 unspecified atom stereocenters. The lowest BCUT2D eigenvalue weighted by molar-refractivity contribution is 0.107. The minimum absolute atomic E-state index is 0.105. The number of alkyl halides is 1. The minimum Gasteiger partial charge on any atom is -0.461 e. The van der Waals surface area contributed by atoms with Crippen molar-refractivity contribution >= 4 is 16.7 Å². The van der Waals surface area contributed by atoms with E-state index < -0.39 is 12.0 Å². The summed E-state index contributed by atoms with van der Waals surface area (Å²) in [4.78, 5) is 23.0. The van der Waals surface area contributed by atoms with Crippen molar-refractivity contribution in [1.29, 1.82) is 0 Å². The van der Waals surface area contributed by atoms with Crippen LogP contribution in [-0.2, 0) is 0 Å². The number of halogens is 2. The van der Waals surface area contributed by atoms with Gasteiger partial charge in [0.2, 0.25) is 0 Å². The van der Waals surface area contributed by atoms with Crippen molar-refractivity contribution in [1.82, 2.24) is 30.2 Å². The molecule has 39 heavy (non-hydrogen) atoms. The normalized spacial score (nSPS) is 28.5. The van der Waals surface area contributed by atoms with Crippen molar-refractivity contribution in [3.05, 3.63) is 36.0 Å². The Morgan fingerprint density at radius 1 is 1.15 bits per heavy atom. The van der Waals surface area contributed by atoms with E-state index in [1.807, 2.05) is 19.9 Å². The third-order valence-corrected chi connectivity index (χ3v) is 9.03. The van der Waals surface area contributed by atoms with Crippen LogP contribution in [0.15, 0.2) is 24.5 Å². The summed E-state index contributed by atoms with van der Waals surface area (Å²) in [5.74, 6) is 0.255. The monoisotopic (exact) mass is 535 g/mol. The van der Waals surface area contributed by atoms with Gasteiger partial charge in [0.15, 0.2) is 5.82 Å². The Morgan fingerprint density at radius 3 is 2.77 bits per heavy atom. The van der Waals surface area contributed by atoms with Crippen LogP contribution in [0.4, 0.5) is 14.6 Å². The highest BCUT2D eigenvalue weighted by atomic mass is 19.1. The van der Waals surface area contributed by atoms with Crippen LogP contribution in [0.5, 0.6) is 6.01 Å². The van der Waals surface area contributed by atoms with Crippen LogP contribution in [-0.4, -0.2) is 81.4 Å². The second-order valence-corrected chi connectivity index (χ2v) is 12.0. The van der Waals surface area contributed by atoms with Crippen molar-refractivity contribution in [3.63, 3.8) is 0 Å². The average molecular weight is 536 g/mol. The van der Waals surface area contributed by atoms with Gasteiger partial charge in [-0.25, -0.2) is 8.78 Å². The van der Waals surface area contributed by atoms with Gasteiger partial charge in [0.25, 0.3) is 0 Å². The molecule has 8 nitrogen and oxygen atoms in total. The van der Waals surface area contributed by atoms with E-state index in [0.29, 0.717) is 48.4 Å². The number of fused-ring (bicyclic) bond motifs is 4. The lowest BCUT2D eigenvalue weighted by Gasteiger charge is -2.34. The molecule has 3 aromatic heterocycles. The van der Waals surface area contributed by atoms with Crippen LogP contribution in [0.3, 0.4) is 0 Å². The lowest BCUT2D eigenvalue weighted by Crippen LogP contribution is -2.51. The zero-order valence-electron chi connectivity index (χ0n) is 22.5. The maximum Gasteiger partial charge on any atom is 0.319 e. The molecule has 7 heterocycles. The number of hydrogen-bond acceptors (Lipinski definition) is 8. The van der Waals surface area contributed by atoms with E-state index in [0.717, 1.165) is 51.0 Å². The van der Waals surface area contributed by atoms with Gasteiger partial charge in [0.05, 0.1) is 16.6 Å². The second-order valence-electron chi connectivity index (χ2n) is 12.0. The van der Waals surface area contributed by atoms with Gasteiger partial charge in [-0.05, 0) is 50.3 Å². The van der Waals surface area contributed by atoms with Gasteiger partial charge in [-0.2, -0.15) is 9.97 Å². The van der Waals surface area contributed by atoms with E-state index >= 15 is 4.39 Å². The first-order chi connectivity index (χ1) is 18.9. The largest absolute Gasteiger partial charge is 0.461 e. The predicted octanol–water partition coefficient (Wildman–Crippen LogP) is 4.25. The maximum absolute atomic E-state index is 16.4. The topological polar surface area (TPSA) is 79.3 Å². The molecule has 3 aromatic rings. The van der Waals surface area contributed by atoms with Crippen molar-refractivity contribution in [2.45, 2.75) is 75.7 Å². The summed E-state index contributed by atoms with van der Waals surface area (Å²) in [7, 11) is 0. The first-order valence-corrected chi connectivity index (χ1v) is 14.2. The molecule has 4 aliphatic heterocycles. The molecule has 4 aliphatic rings. The molecule has 0 saturated carbocycles. The number of rotatable bonds is 6. The molecule has 0 spiro atoms. The van der Waals surface area contributed by atoms with E-state index in [-0.39, 0.29) is 28.7 Å². The van der Waals surface area contributed by atoms with Gasteiger partial charge in [-0.1, -0.05) is 13.8 Å². The molecule has 4 atom stereocenters. The van der Waals surface area contributed by atoms with Crippen molar-refractivity contribution in [2.24, 2.45) is 0 Å². The third-order valence-electron chi connectivity index (χ3n) is 9.03. The summed E-state index contributed by atoms with van der Waals surface area (Å²) in [6.45, 7) is 7.26. The van der Waals surface area contributed by atoms with Crippen LogP contribution < -0.4 is 15.0 Å². The highest BCUT2D eigenvalue weighted by molar-refractivity contribution is 5.92. The van der Waals surface area contributed by atoms with Gasteiger partial charge >= 0.3 is 6.01 Å². The fourth-order valence-electron chi connectivity index (χ4n) is 7.21. The highest BCUT2D eigenvalue weighted by Crippen LogP contribution is 2.41. The average Bonchev–Trinajstić information content (AvgIpc) is 3.58. The molecule has 1 N–H and O–H groups in total. The number of aromatic nitrogens is 4. The van der Waals surface area contributed by atoms with Crippen molar-refractivity contribution < 1.29 is 13.5 Å². The standard InChI is InChI=1S/C29H35F2N7O/c1-17(2)24-21(5-3-9-32-24)25-23(31)26-22(12-33-25)27(37-14-19-6-7-20(15-37)34-19)36-28(35-26)39-16-29-8-4-10-38(29)13-18(30)11-29/h3,5,9,12,17-20,34H,4,6-8,10-11,13-16H2,1-2H3/t18-,19?,20?,29+/m1/s1. The minimum atomic E-state index is -0.848. The Kier molecular flexibility index (Phi) is 6.15. The summed E-state index contributed by atoms with van der Waals surface area (Å²) < 4.78 is 37.0. The van der Waals surface area contributed by atoms with E-state index in [2.05, 4.69) is 30.1 Å². The van der Waals surface area contributed by atoms with Gasteiger partial charge in [0, 0.05) is 56.1 Å². The number of nitrogens with zero attached hydrogens (tertiary/aromatic N) is 6. The zero-order chi connectivity index (χ0) is 26.7. The molecule has 0 aromatic carbocycles. The Hall–Kier alpha value is -2.98. The molecule has 0 aliphatic carbocycles. The number of hydrogen-bond donors (Lipinski definition) is 1. The smallest absolute Gasteiger partial charge is 0.319 e. The Labute approximate surface area is 227 Å². The summed E-state index contributed by atoms with van der Waals surface area (Å²) >= 11 is 0. The highest BCUT2D eigenvalue weighted by Gasteiger charge is 2.49. The van der Waals surface area contributed by atoms with Crippen LogP contribution in [0.25, 0.3) is 22.2 Å². The molecule has 4 fully saturated rings. The first kappa shape index (κ1) is 25.0. The second kappa shape index (κ2) is 9.59. The molecule has 2 bridgehead atoms. The zero-order valence-corrected chi connectivity index (χ0v) is 22.5. The van der Waals surface area contributed by atoms with Crippen LogP contribution in [0.2, 0.25) is 0 Å². The molecular formula is C29H35F2N7O. The van der Waals surface area contributed by atoms with Crippen molar-refractivity contribution in [3.8, 4) is 17.3 Å². The summed E-state index contributed by atoms with van der Waals surface area (Å²) in [5.41, 5.74) is 1.53. The molecule has 0 amide bonds. The number of piperazine rings is 1. The lowest BCUT2D eigenvalue weighted by atomic mass is 9.95. The van der Waals surface area contributed by atoms with Crippen LogP contribution in [0, 0.1) is 5.82 Å². The van der Waals surface area contributed by atoms with E-state index in [1.165, 1.54) is 0 Å². The van der Waals surface area contributed by atoms with Crippen molar-refractivity contribution in [2.75, 3.05) is 37.7 Å². The Balaban J connectivity index is 1.31. The quantitative estimate of drug-likeness (QED) is 0.502. The summed E-state index contributed by atoms with van der Waals surface area (Å²) in [6, 6.07) is 4.55. The fourth-order valence-corrected chi connectivity index (χ4v) is 7.21. The number of pyridine rings is 2. The molecule has 10 heteroatoms. The van der Waals surface area contributed by atoms with E-state index in [1.54, 1.807) is 18.5 Å². The molecule has 7 rings (SSSR count). The Morgan fingerprint density at radius 2 is 1.97 bits per heavy atom. The van der Waals surface area contributed by atoms with E-state index in [4.69, 9.17) is 9.72 Å². The molecule has 4 saturated heterocycles. The van der Waals surface area contributed by atoms with Crippen LogP contribution >= 0.6 is 0 Å². The van der Waals surface area contributed by atoms with Gasteiger partial charge in [-0.15, -0.1) is 0 Å². The number of ether oxygens (including phenoxy) is 1. The molecular weight excluding hydrogens is 500 g/mol. The molecule has 0 radical (unpaired) electrons. The van der Waals surface area contributed by atoms with E-state index in [9.17, 15) is 4.39 Å². The van der Waals surface area contributed by atoms with Crippen LogP contribution in [0.1, 0.15) is 57.6 Å². The van der Waals surface area contributed by atoms with Gasteiger partial charge in [0.1, 0.15) is 29.8 Å². The molecule has 206 valence electrons. The first-order valence-electron chi connectivity index (χ1n) is 14.2.